The maximum absolute atomic E-state index is 12.4. The van der Waals surface area contributed by atoms with Crippen molar-refractivity contribution in [2.45, 2.75) is 45.1 Å². The first kappa shape index (κ1) is 14.6. The lowest BCUT2D eigenvalue weighted by Crippen LogP contribution is -2.36. The Morgan fingerprint density at radius 1 is 1.33 bits per heavy atom. The fourth-order valence-electron chi connectivity index (χ4n) is 3.04. The van der Waals surface area contributed by atoms with Gasteiger partial charge in [-0.2, -0.15) is 0 Å². The Morgan fingerprint density at radius 3 is 2.76 bits per heavy atom. The summed E-state index contributed by atoms with van der Waals surface area (Å²) in [5.41, 5.74) is 2.85. The lowest BCUT2D eigenvalue weighted by Gasteiger charge is -2.22. The van der Waals surface area contributed by atoms with E-state index in [4.69, 9.17) is 11.6 Å². The van der Waals surface area contributed by atoms with Gasteiger partial charge < -0.3 is 4.90 Å². The molecule has 1 aliphatic carbocycles. The molecule has 1 fully saturated rings. The summed E-state index contributed by atoms with van der Waals surface area (Å²) in [6.45, 7) is 2.08. The number of halogens is 1. The van der Waals surface area contributed by atoms with Crippen LogP contribution in [-0.2, 0) is 11.2 Å². The molecule has 1 aromatic carbocycles. The van der Waals surface area contributed by atoms with E-state index in [1.807, 2.05) is 23.1 Å². The Morgan fingerprint density at radius 2 is 2.10 bits per heavy atom. The summed E-state index contributed by atoms with van der Waals surface area (Å²) in [5.74, 6) is 1.13. The number of Topliss-reactive ketones (excluding diaryl/α,β-unsaturated/α-hetero) is 1. The molecule has 4 heteroatoms. The minimum Gasteiger partial charge on any atom is -0.309 e. The molecule has 0 aromatic heterocycles. The molecule has 0 saturated heterocycles. The van der Waals surface area contributed by atoms with Gasteiger partial charge >= 0.3 is 0 Å². The summed E-state index contributed by atoms with van der Waals surface area (Å²) in [6.07, 6.45) is 4.08. The van der Waals surface area contributed by atoms with Gasteiger partial charge in [-0.1, -0.05) is 0 Å². The van der Waals surface area contributed by atoms with Crippen LogP contribution in [0, 0.1) is 5.92 Å². The molecule has 2 aliphatic rings. The fraction of sp³-hybridized carbons (Fsp3) is 0.529. The summed E-state index contributed by atoms with van der Waals surface area (Å²) in [5, 5.41) is 0. The molecule has 1 heterocycles. The third-order valence-electron chi connectivity index (χ3n) is 4.32. The van der Waals surface area contributed by atoms with Gasteiger partial charge in [-0.05, 0) is 56.4 Å². The molecule has 0 radical (unpaired) electrons. The molecule has 1 unspecified atom stereocenters. The Labute approximate surface area is 130 Å². The van der Waals surface area contributed by atoms with Crippen molar-refractivity contribution in [1.82, 2.24) is 0 Å². The van der Waals surface area contributed by atoms with Gasteiger partial charge in [0.25, 0.3) is 0 Å². The number of hydrogen-bond acceptors (Lipinski definition) is 2. The highest BCUT2D eigenvalue weighted by Crippen LogP contribution is 2.39. The van der Waals surface area contributed by atoms with Gasteiger partial charge in [0.05, 0.1) is 0 Å². The number of carbonyl (C=O) groups is 2. The van der Waals surface area contributed by atoms with Crippen molar-refractivity contribution in [3.63, 3.8) is 0 Å². The highest BCUT2D eigenvalue weighted by molar-refractivity contribution is 6.18. The third-order valence-corrected chi connectivity index (χ3v) is 4.59. The first-order chi connectivity index (χ1) is 10.1. The van der Waals surface area contributed by atoms with Crippen LogP contribution in [0.15, 0.2) is 18.2 Å². The number of fused-ring (bicyclic) bond motifs is 1. The minimum absolute atomic E-state index is 0.137. The first-order valence-corrected chi connectivity index (χ1v) is 8.20. The lowest BCUT2D eigenvalue weighted by molar-refractivity contribution is -0.120. The molecule has 3 nitrogen and oxygen atoms in total. The average molecular weight is 306 g/mol. The van der Waals surface area contributed by atoms with Crippen LogP contribution in [0.3, 0.4) is 0 Å². The fourth-order valence-corrected chi connectivity index (χ4v) is 3.17. The minimum atomic E-state index is 0.137. The van der Waals surface area contributed by atoms with Crippen LogP contribution in [0.1, 0.15) is 48.5 Å². The van der Waals surface area contributed by atoms with E-state index in [0.29, 0.717) is 18.7 Å². The standard InChI is InChI=1S/C17H20ClNO2/c1-11-9-14-10-13(16(20)3-2-8-18)6-7-15(14)19(11)17(21)12-4-5-12/h6-7,10-12H,2-5,8-9H2,1H3. The van der Waals surface area contributed by atoms with E-state index in [0.717, 1.165) is 36.1 Å². The van der Waals surface area contributed by atoms with E-state index >= 15 is 0 Å². The summed E-state index contributed by atoms with van der Waals surface area (Å²) in [4.78, 5) is 26.4. The van der Waals surface area contributed by atoms with Gasteiger partial charge in [0.1, 0.15) is 0 Å². The molecule has 1 amide bonds. The van der Waals surface area contributed by atoms with E-state index < -0.39 is 0 Å². The number of rotatable bonds is 5. The maximum Gasteiger partial charge on any atom is 0.230 e. The number of benzene rings is 1. The summed E-state index contributed by atoms with van der Waals surface area (Å²) >= 11 is 5.64. The normalized spacial score (nSPS) is 20.5. The van der Waals surface area contributed by atoms with Gasteiger partial charge in [0, 0.05) is 35.5 Å². The highest BCUT2D eigenvalue weighted by atomic mass is 35.5. The van der Waals surface area contributed by atoms with Crippen molar-refractivity contribution >= 4 is 29.0 Å². The number of nitrogens with zero attached hydrogens (tertiary/aromatic N) is 1. The number of carbonyl (C=O) groups excluding carboxylic acids is 2. The molecule has 3 rings (SSSR count). The molecule has 112 valence electrons. The molecule has 0 N–H and O–H groups in total. The van der Waals surface area contributed by atoms with Gasteiger partial charge in [-0.3, -0.25) is 9.59 Å². The maximum atomic E-state index is 12.4. The van der Waals surface area contributed by atoms with E-state index in [2.05, 4.69) is 6.92 Å². The van der Waals surface area contributed by atoms with E-state index in [1.54, 1.807) is 0 Å². The Hall–Kier alpha value is -1.35. The van der Waals surface area contributed by atoms with Gasteiger partial charge in [0.2, 0.25) is 5.91 Å². The van der Waals surface area contributed by atoms with Crippen molar-refractivity contribution in [2.24, 2.45) is 5.92 Å². The van der Waals surface area contributed by atoms with Gasteiger partial charge in [0.15, 0.2) is 5.78 Å². The molecule has 1 aromatic rings. The van der Waals surface area contributed by atoms with Crippen LogP contribution in [0.25, 0.3) is 0 Å². The van der Waals surface area contributed by atoms with Crippen LogP contribution in [0.5, 0.6) is 0 Å². The van der Waals surface area contributed by atoms with Crippen molar-refractivity contribution < 1.29 is 9.59 Å². The second-order valence-corrected chi connectivity index (χ2v) is 6.47. The SMILES string of the molecule is CC1Cc2cc(C(=O)CCCCl)ccc2N1C(=O)C1CC1. The van der Waals surface area contributed by atoms with Crippen LogP contribution in [0.2, 0.25) is 0 Å². The molecule has 0 spiro atoms. The van der Waals surface area contributed by atoms with Crippen LogP contribution in [-0.4, -0.2) is 23.6 Å². The third kappa shape index (κ3) is 2.84. The molecular weight excluding hydrogens is 286 g/mol. The monoisotopic (exact) mass is 305 g/mol. The topological polar surface area (TPSA) is 37.4 Å². The Bertz CT molecular complexity index is 580. The number of alkyl halides is 1. The van der Waals surface area contributed by atoms with Crippen molar-refractivity contribution in [3.05, 3.63) is 29.3 Å². The zero-order chi connectivity index (χ0) is 15.0. The van der Waals surface area contributed by atoms with Crippen molar-refractivity contribution in [1.29, 1.82) is 0 Å². The zero-order valence-corrected chi connectivity index (χ0v) is 13.0. The second-order valence-electron chi connectivity index (χ2n) is 6.09. The predicted octanol–water partition coefficient (Wildman–Crippen LogP) is 3.58. The van der Waals surface area contributed by atoms with E-state index in [-0.39, 0.29) is 23.7 Å². The Kier molecular flexibility index (Phi) is 4.03. The summed E-state index contributed by atoms with van der Waals surface area (Å²) < 4.78 is 0. The van der Waals surface area contributed by atoms with Crippen LogP contribution in [0.4, 0.5) is 5.69 Å². The largest absolute Gasteiger partial charge is 0.309 e. The second kappa shape index (κ2) is 5.80. The number of anilines is 1. The summed E-state index contributed by atoms with van der Waals surface area (Å²) in [6, 6.07) is 5.94. The number of amides is 1. The molecule has 1 aliphatic heterocycles. The van der Waals surface area contributed by atoms with Gasteiger partial charge in [-0.15, -0.1) is 11.6 Å². The smallest absolute Gasteiger partial charge is 0.230 e. The number of hydrogen-bond donors (Lipinski definition) is 0. The van der Waals surface area contributed by atoms with Crippen LogP contribution >= 0.6 is 11.6 Å². The van der Waals surface area contributed by atoms with Gasteiger partial charge in [-0.25, -0.2) is 0 Å². The lowest BCUT2D eigenvalue weighted by atomic mass is 10.0. The summed E-state index contributed by atoms with van der Waals surface area (Å²) in [7, 11) is 0. The van der Waals surface area contributed by atoms with E-state index in [1.165, 1.54) is 0 Å². The average Bonchev–Trinajstić information content (AvgIpc) is 3.26. The first-order valence-electron chi connectivity index (χ1n) is 7.67. The molecule has 1 saturated carbocycles. The predicted molar refractivity (Wildman–Crippen MR) is 84.1 cm³/mol. The highest BCUT2D eigenvalue weighted by Gasteiger charge is 2.39. The quantitative estimate of drug-likeness (QED) is 0.616. The van der Waals surface area contributed by atoms with Crippen molar-refractivity contribution in [2.75, 3.05) is 10.8 Å². The molecule has 21 heavy (non-hydrogen) atoms. The van der Waals surface area contributed by atoms with E-state index in [9.17, 15) is 9.59 Å². The number of ketones is 1. The molecule has 1 atom stereocenters. The zero-order valence-electron chi connectivity index (χ0n) is 12.3. The molecular formula is C17H20ClNO2. The van der Waals surface area contributed by atoms with Crippen LogP contribution < -0.4 is 4.90 Å². The van der Waals surface area contributed by atoms with Crippen molar-refractivity contribution in [3.8, 4) is 0 Å². The molecule has 0 bridgehead atoms. The Balaban J connectivity index is 1.82.